The van der Waals surface area contributed by atoms with Crippen LogP contribution >= 0.6 is 0 Å². The Morgan fingerprint density at radius 3 is 2.64 bits per heavy atom. The largest absolute Gasteiger partial charge is 0.377 e. The summed E-state index contributed by atoms with van der Waals surface area (Å²) in [6, 6.07) is 0. The van der Waals surface area contributed by atoms with Crippen LogP contribution in [-0.4, -0.2) is 74.1 Å². The molecular weight excluding hydrogens is 280 g/mol. The maximum absolute atomic E-state index is 11.4. The minimum Gasteiger partial charge on any atom is -0.377 e. The molecule has 1 fully saturated rings. The predicted octanol–water partition coefficient (Wildman–Crippen LogP) is 0.853. The van der Waals surface area contributed by atoms with E-state index in [2.05, 4.69) is 23.2 Å². The zero-order valence-electron chi connectivity index (χ0n) is 13.8. The summed E-state index contributed by atoms with van der Waals surface area (Å²) in [5.41, 5.74) is 1.45. The number of rotatable bonds is 4. The van der Waals surface area contributed by atoms with E-state index in [9.17, 15) is 4.79 Å². The van der Waals surface area contributed by atoms with Gasteiger partial charge in [0.2, 0.25) is 5.91 Å². The van der Waals surface area contributed by atoms with E-state index in [4.69, 9.17) is 9.73 Å². The maximum Gasteiger partial charge on any atom is 0.219 e. The van der Waals surface area contributed by atoms with E-state index in [1.54, 1.807) is 6.92 Å². The summed E-state index contributed by atoms with van der Waals surface area (Å²) < 4.78 is 5.33. The van der Waals surface area contributed by atoms with Crippen LogP contribution in [-0.2, 0) is 9.53 Å². The first-order valence-electron chi connectivity index (χ1n) is 8.25. The molecule has 2 aliphatic heterocycles. The zero-order valence-corrected chi connectivity index (χ0v) is 13.8. The molecule has 0 aromatic rings. The third-order valence-corrected chi connectivity index (χ3v) is 4.11. The van der Waals surface area contributed by atoms with E-state index in [-0.39, 0.29) is 5.91 Å². The van der Waals surface area contributed by atoms with Crippen molar-refractivity contribution in [1.29, 1.82) is 0 Å². The van der Waals surface area contributed by atoms with Crippen LogP contribution in [0.4, 0.5) is 0 Å². The molecule has 0 unspecified atom stereocenters. The molecule has 0 atom stereocenters. The van der Waals surface area contributed by atoms with Crippen molar-refractivity contribution in [2.24, 2.45) is 4.99 Å². The van der Waals surface area contributed by atoms with E-state index in [0.717, 1.165) is 71.3 Å². The second kappa shape index (κ2) is 8.78. The second-order valence-electron chi connectivity index (χ2n) is 5.67. The van der Waals surface area contributed by atoms with Gasteiger partial charge in [-0.2, -0.15) is 0 Å². The third kappa shape index (κ3) is 5.02. The standard InChI is InChI=1S/C16H28N4O2/c1-3-17-16(18-7-4-15-5-12-22-13-6-15)20-10-8-19(9-11-20)14(2)21/h5H,3-4,6-13H2,1-2H3,(H,17,18). The Kier molecular flexibility index (Phi) is 6.71. The molecule has 0 saturated carbocycles. The van der Waals surface area contributed by atoms with E-state index < -0.39 is 0 Å². The highest BCUT2D eigenvalue weighted by molar-refractivity contribution is 5.80. The molecule has 22 heavy (non-hydrogen) atoms. The Bertz CT molecular complexity index is 426. The number of piperazine rings is 1. The van der Waals surface area contributed by atoms with Crippen LogP contribution in [0, 0.1) is 0 Å². The molecule has 6 heteroatoms. The highest BCUT2D eigenvalue weighted by atomic mass is 16.5. The number of hydrogen-bond acceptors (Lipinski definition) is 3. The van der Waals surface area contributed by atoms with Crippen molar-refractivity contribution in [3.8, 4) is 0 Å². The Labute approximate surface area is 133 Å². The van der Waals surface area contributed by atoms with E-state index in [0.29, 0.717) is 0 Å². The number of nitrogens with zero attached hydrogens (tertiary/aromatic N) is 3. The van der Waals surface area contributed by atoms with Crippen molar-refractivity contribution in [2.45, 2.75) is 26.7 Å². The van der Waals surface area contributed by atoms with Gasteiger partial charge in [0.1, 0.15) is 0 Å². The van der Waals surface area contributed by atoms with Gasteiger partial charge >= 0.3 is 0 Å². The smallest absolute Gasteiger partial charge is 0.219 e. The molecule has 0 aromatic heterocycles. The molecule has 1 N–H and O–H groups in total. The van der Waals surface area contributed by atoms with Gasteiger partial charge in [-0.3, -0.25) is 9.79 Å². The van der Waals surface area contributed by atoms with Gasteiger partial charge in [0, 0.05) is 46.2 Å². The summed E-state index contributed by atoms with van der Waals surface area (Å²) in [7, 11) is 0. The van der Waals surface area contributed by atoms with Gasteiger partial charge in [-0.05, 0) is 19.8 Å². The Morgan fingerprint density at radius 2 is 2.05 bits per heavy atom. The molecule has 0 aliphatic carbocycles. The summed E-state index contributed by atoms with van der Waals surface area (Å²) in [5, 5.41) is 3.36. The highest BCUT2D eigenvalue weighted by Gasteiger charge is 2.20. The van der Waals surface area contributed by atoms with Crippen molar-refractivity contribution in [1.82, 2.24) is 15.1 Å². The summed E-state index contributed by atoms with van der Waals surface area (Å²) in [6.45, 7) is 10.2. The number of hydrogen-bond donors (Lipinski definition) is 1. The number of ether oxygens (including phenoxy) is 1. The quantitative estimate of drug-likeness (QED) is 0.475. The average Bonchev–Trinajstić information content (AvgIpc) is 2.55. The van der Waals surface area contributed by atoms with Crippen LogP contribution < -0.4 is 5.32 Å². The van der Waals surface area contributed by atoms with Gasteiger partial charge in [-0.25, -0.2) is 0 Å². The van der Waals surface area contributed by atoms with E-state index in [1.165, 1.54) is 5.57 Å². The molecule has 2 rings (SSSR count). The lowest BCUT2D eigenvalue weighted by Crippen LogP contribution is -2.53. The summed E-state index contributed by atoms with van der Waals surface area (Å²) >= 11 is 0. The highest BCUT2D eigenvalue weighted by Crippen LogP contribution is 2.12. The summed E-state index contributed by atoms with van der Waals surface area (Å²) in [5.74, 6) is 1.13. The van der Waals surface area contributed by atoms with Gasteiger partial charge in [-0.1, -0.05) is 11.6 Å². The molecule has 124 valence electrons. The van der Waals surface area contributed by atoms with Crippen molar-refractivity contribution in [3.05, 3.63) is 11.6 Å². The first kappa shape index (κ1) is 16.8. The number of guanidine groups is 1. The number of amides is 1. The SMILES string of the molecule is CCNC(=NCCC1=CCOCC1)N1CCN(C(C)=O)CC1. The van der Waals surface area contributed by atoms with Crippen LogP contribution in [0.15, 0.2) is 16.6 Å². The Balaban J connectivity index is 1.84. The molecule has 2 heterocycles. The lowest BCUT2D eigenvalue weighted by Gasteiger charge is -2.36. The number of carbonyl (C=O) groups excluding carboxylic acids is 1. The van der Waals surface area contributed by atoms with Crippen molar-refractivity contribution < 1.29 is 9.53 Å². The fraction of sp³-hybridized carbons (Fsp3) is 0.750. The number of nitrogens with one attached hydrogen (secondary N) is 1. The molecule has 0 aromatic carbocycles. The zero-order chi connectivity index (χ0) is 15.8. The molecule has 2 aliphatic rings. The normalized spacial score (nSPS) is 19.9. The Morgan fingerprint density at radius 1 is 1.32 bits per heavy atom. The van der Waals surface area contributed by atoms with Gasteiger partial charge < -0.3 is 19.9 Å². The summed E-state index contributed by atoms with van der Waals surface area (Å²) in [4.78, 5) is 20.3. The number of aliphatic imine (C=N–C) groups is 1. The van der Waals surface area contributed by atoms with Crippen molar-refractivity contribution >= 4 is 11.9 Å². The molecule has 0 spiro atoms. The molecule has 0 radical (unpaired) electrons. The van der Waals surface area contributed by atoms with Crippen LogP contribution in [0.1, 0.15) is 26.7 Å². The monoisotopic (exact) mass is 308 g/mol. The van der Waals surface area contributed by atoms with Crippen molar-refractivity contribution in [3.63, 3.8) is 0 Å². The summed E-state index contributed by atoms with van der Waals surface area (Å²) in [6.07, 6.45) is 4.21. The average molecular weight is 308 g/mol. The molecule has 6 nitrogen and oxygen atoms in total. The fourth-order valence-corrected chi connectivity index (χ4v) is 2.76. The molecule has 1 saturated heterocycles. The van der Waals surface area contributed by atoms with E-state index in [1.807, 2.05) is 4.90 Å². The van der Waals surface area contributed by atoms with Crippen LogP contribution in [0.25, 0.3) is 0 Å². The minimum atomic E-state index is 0.160. The molecule has 0 bridgehead atoms. The van der Waals surface area contributed by atoms with Gasteiger partial charge in [0.05, 0.1) is 13.2 Å². The van der Waals surface area contributed by atoms with Gasteiger partial charge in [0.25, 0.3) is 0 Å². The van der Waals surface area contributed by atoms with E-state index >= 15 is 0 Å². The van der Waals surface area contributed by atoms with Crippen LogP contribution in [0.3, 0.4) is 0 Å². The molecule has 1 amide bonds. The predicted molar refractivity (Wildman–Crippen MR) is 87.9 cm³/mol. The Hall–Kier alpha value is -1.56. The molecular formula is C16H28N4O2. The van der Waals surface area contributed by atoms with Gasteiger partial charge in [0.15, 0.2) is 5.96 Å². The van der Waals surface area contributed by atoms with Crippen LogP contribution in [0.2, 0.25) is 0 Å². The minimum absolute atomic E-state index is 0.160. The topological polar surface area (TPSA) is 57.2 Å². The van der Waals surface area contributed by atoms with Crippen molar-refractivity contribution in [2.75, 3.05) is 52.5 Å². The van der Waals surface area contributed by atoms with Gasteiger partial charge in [-0.15, -0.1) is 0 Å². The number of carbonyl (C=O) groups is 1. The van der Waals surface area contributed by atoms with Crippen LogP contribution in [0.5, 0.6) is 0 Å². The first-order valence-corrected chi connectivity index (χ1v) is 8.25. The third-order valence-electron chi connectivity index (χ3n) is 4.11. The lowest BCUT2D eigenvalue weighted by atomic mass is 10.1. The maximum atomic E-state index is 11.4. The fourth-order valence-electron chi connectivity index (χ4n) is 2.76. The lowest BCUT2D eigenvalue weighted by molar-refractivity contribution is -0.130. The second-order valence-corrected chi connectivity index (χ2v) is 5.67. The first-order chi connectivity index (χ1) is 10.7.